The normalized spacial score (nSPS) is 25.7. The largest absolute Gasteiger partial charge is 0.444 e. The predicted octanol–water partition coefficient (Wildman–Crippen LogP) is 4.71. The van der Waals surface area contributed by atoms with E-state index in [2.05, 4.69) is 0 Å². The SMILES string of the molecule is CC(C)(C)OC(=O)N1COC(=O)[C@H]2C[C@@H](c3cccc(C(F)(F)F)c3)CC[C@@H]21. The highest BCUT2D eigenvalue weighted by Crippen LogP contribution is 2.42. The number of nitrogens with zero attached hydrogens (tertiary/aromatic N) is 1. The molecule has 1 heterocycles. The summed E-state index contributed by atoms with van der Waals surface area (Å²) in [6.07, 6.45) is -3.55. The zero-order valence-corrected chi connectivity index (χ0v) is 16.1. The number of amides is 1. The van der Waals surface area contributed by atoms with Gasteiger partial charge in [-0.25, -0.2) is 4.79 Å². The Morgan fingerprint density at radius 1 is 1.21 bits per heavy atom. The highest BCUT2D eigenvalue weighted by atomic mass is 19.4. The van der Waals surface area contributed by atoms with Crippen LogP contribution in [0.3, 0.4) is 0 Å². The molecule has 0 radical (unpaired) electrons. The minimum atomic E-state index is -4.41. The van der Waals surface area contributed by atoms with Gasteiger partial charge in [-0.05, 0) is 57.6 Å². The van der Waals surface area contributed by atoms with Crippen molar-refractivity contribution in [1.82, 2.24) is 4.90 Å². The third-order valence-electron chi connectivity index (χ3n) is 5.18. The highest BCUT2D eigenvalue weighted by molar-refractivity contribution is 5.77. The third-order valence-corrected chi connectivity index (χ3v) is 5.18. The molecular weight excluding hydrogens is 375 g/mol. The fraction of sp³-hybridized carbons (Fsp3) is 0.600. The Morgan fingerprint density at radius 2 is 1.93 bits per heavy atom. The maximum absolute atomic E-state index is 13.0. The molecule has 3 rings (SSSR count). The Balaban J connectivity index is 1.77. The molecular formula is C20H24F3NO4. The van der Waals surface area contributed by atoms with E-state index >= 15 is 0 Å². The minimum absolute atomic E-state index is 0.164. The van der Waals surface area contributed by atoms with Crippen LogP contribution in [-0.4, -0.2) is 35.3 Å². The molecule has 8 heteroatoms. The van der Waals surface area contributed by atoms with Gasteiger partial charge in [-0.15, -0.1) is 0 Å². The van der Waals surface area contributed by atoms with Crippen LogP contribution < -0.4 is 0 Å². The fourth-order valence-corrected chi connectivity index (χ4v) is 3.90. The van der Waals surface area contributed by atoms with Gasteiger partial charge in [0.05, 0.1) is 17.5 Å². The number of ether oxygens (including phenoxy) is 2. The number of halogens is 3. The van der Waals surface area contributed by atoms with E-state index in [1.807, 2.05) is 0 Å². The first-order chi connectivity index (χ1) is 13.0. The van der Waals surface area contributed by atoms with Crippen LogP contribution in [-0.2, 0) is 20.4 Å². The molecule has 1 saturated carbocycles. The van der Waals surface area contributed by atoms with Crippen LogP contribution in [0.2, 0.25) is 0 Å². The van der Waals surface area contributed by atoms with E-state index in [1.165, 1.54) is 11.0 Å². The lowest BCUT2D eigenvalue weighted by Gasteiger charge is -2.44. The van der Waals surface area contributed by atoms with Crippen molar-refractivity contribution >= 4 is 12.1 Å². The van der Waals surface area contributed by atoms with Gasteiger partial charge in [0.2, 0.25) is 0 Å². The molecule has 1 saturated heterocycles. The number of hydrogen-bond donors (Lipinski definition) is 0. The van der Waals surface area contributed by atoms with Crippen LogP contribution in [0.15, 0.2) is 24.3 Å². The van der Waals surface area contributed by atoms with Crippen LogP contribution >= 0.6 is 0 Å². The topological polar surface area (TPSA) is 55.8 Å². The van der Waals surface area contributed by atoms with Crippen molar-refractivity contribution in [1.29, 1.82) is 0 Å². The number of hydrogen-bond acceptors (Lipinski definition) is 4. The lowest BCUT2D eigenvalue weighted by molar-refractivity contribution is -0.170. The molecule has 0 spiro atoms. The van der Waals surface area contributed by atoms with Crippen LogP contribution in [0, 0.1) is 5.92 Å². The first-order valence-corrected chi connectivity index (χ1v) is 9.29. The monoisotopic (exact) mass is 399 g/mol. The molecule has 0 N–H and O–H groups in total. The first-order valence-electron chi connectivity index (χ1n) is 9.29. The number of cyclic esters (lactones) is 1. The summed E-state index contributed by atoms with van der Waals surface area (Å²) in [6, 6.07) is 4.85. The molecule has 28 heavy (non-hydrogen) atoms. The second-order valence-corrected chi connectivity index (χ2v) is 8.35. The molecule has 2 fully saturated rings. The fourth-order valence-electron chi connectivity index (χ4n) is 3.90. The lowest BCUT2D eigenvalue weighted by atomic mass is 9.74. The van der Waals surface area contributed by atoms with E-state index in [9.17, 15) is 22.8 Å². The van der Waals surface area contributed by atoms with Crippen molar-refractivity contribution in [2.24, 2.45) is 5.92 Å². The van der Waals surface area contributed by atoms with Gasteiger partial charge in [0.1, 0.15) is 5.60 Å². The van der Waals surface area contributed by atoms with Crippen LogP contribution in [0.5, 0.6) is 0 Å². The number of benzene rings is 1. The minimum Gasteiger partial charge on any atom is -0.444 e. The van der Waals surface area contributed by atoms with Crippen molar-refractivity contribution in [3.05, 3.63) is 35.4 Å². The van der Waals surface area contributed by atoms with Gasteiger partial charge < -0.3 is 9.47 Å². The van der Waals surface area contributed by atoms with E-state index in [4.69, 9.17) is 9.47 Å². The summed E-state index contributed by atoms with van der Waals surface area (Å²) in [4.78, 5) is 26.2. The lowest BCUT2D eigenvalue weighted by Crippen LogP contribution is -2.56. The van der Waals surface area contributed by atoms with Gasteiger partial charge in [0, 0.05) is 0 Å². The molecule has 0 bridgehead atoms. The first kappa shape index (κ1) is 20.5. The summed E-state index contributed by atoms with van der Waals surface area (Å²) in [5.41, 5.74) is -0.826. The smallest absolute Gasteiger partial charge is 0.416 e. The van der Waals surface area contributed by atoms with E-state index < -0.39 is 35.3 Å². The average molecular weight is 399 g/mol. The molecule has 5 nitrogen and oxygen atoms in total. The van der Waals surface area contributed by atoms with E-state index in [0.717, 1.165) is 12.1 Å². The molecule has 154 valence electrons. The second kappa shape index (κ2) is 7.29. The summed E-state index contributed by atoms with van der Waals surface area (Å²) in [5, 5.41) is 0. The van der Waals surface area contributed by atoms with Crippen molar-refractivity contribution in [2.45, 2.75) is 63.8 Å². The van der Waals surface area contributed by atoms with Gasteiger partial charge >= 0.3 is 18.2 Å². The number of carbonyl (C=O) groups is 2. The van der Waals surface area contributed by atoms with E-state index in [-0.39, 0.29) is 18.7 Å². The Bertz CT molecular complexity index is 757. The number of fused-ring (bicyclic) bond motifs is 1. The zero-order valence-electron chi connectivity index (χ0n) is 16.1. The molecule has 0 unspecified atom stereocenters. The van der Waals surface area contributed by atoms with Gasteiger partial charge in [0.15, 0.2) is 6.73 Å². The quantitative estimate of drug-likeness (QED) is 0.642. The summed E-state index contributed by atoms with van der Waals surface area (Å²) in [5.74, 6) is -1.19. The van der Waals surface area contributed by atoms with Crippen molar-refractivity contribution < 1.29 is 32.2 Å². The molecule has 1 aromatic carbocycles. The number of rotatable bonds is 1. The Kier molecular flexibility index (Phi) is 5.34. The predicted molar refractivity (Wildman–Crippen MR) is 94.3 cm³/mol. The van der Waals surface area contributed by atoms with Crippen molar-refractivity contribution in [2.75, 3.05) is 6.73 Å². The number of carbonyl (C=O) groups excluding carboxylic acids is 2. The highest BCUT2D eigenvalue weighted by Gasteiger charge is 2.46. The summed E-state index contributed by atoms with van der Waals surface area (Å²) in [6.45, 7) is 5.10. The molecule has 0 aromatic heterocycles. The van der Waals surface area contributed by atoms with Crippen molar-refractivity contribution in [3.8, 4) is 0 Å². The van der Waals surface area contributed by atoms with E-state index in [1.54, 1.807) is 26.8 Å². The molecule has 1 aromatic rings. The molecule has 1 amide bonds. The molecule has 3 atom stereocenters. The molecule has 1 aliphatic heterocycles. The van der Waals surface area contributed by atoms with Gasteiger partial charge in [0.25, 0.3) is 0 Å². The Hall–Kier alpha value is -2.25. The van der Waals surface area contributed by atoms with E-state index in [0.29, 0.717) is 24.8 Å². The van der Waals surface area contributed by atoms with Gasteiger partial charge in [-0.1, -0.05) is 18.2 Å². The van der Waals surface area contributed by atoms with Gasteiger partial charge in [-0.2, -0.15) is 13.2 Å². The van der Waals surface area contributed by atoms with Crippen LogP contribution in [0.25, 0.3) is 0 Å². The van der Waals surface area contributed by atoms with Crippen LogP contribution in [0.1, 0.15) is 57.1 Å². The zero-order chi connectivity index (χ0) is 20.7. The van der Waals surface area contributed by atoms with Gasteiger partial charge in [-0.3, -0.25) is 9.69 Å². The standard InChI is InChI=1S/C20H24F3NO4/c1-19(2,3)28-18(26)24-11-27-17(25)15-10-13(7-8-16(15)24)12-5-4-6-14(9-12)20(21,22)23/h4-6,9,13,15-16H,7-8,10-11H2,1-3H3/t13-,15-,16-/m0/s1. The third kappa shape index (κ3) is 4.42. The average Bonchev–Trinajstić information content (AvgIpc) is 2.60. The maximum atomic E-state index is 13.0. The summed E-state index contributed by atoms with van der Waals surface area (Å²) in [7, 11) is 0. The van der Waals surface area contributed by atoms with Crippen LogP contribution in [0.4, 0.5) is 18.0 Å². The summed E-state index contributed by atoms with van der Waals surface area (Å²) >= 11 is 0. The Morgan fingerprint density at radius 3 is 2.57 bits per heavy atom. The summed E-state index contributed by atoms with van der Waals surface area (Å²) < 4.78 is 49.6. The van der Waals surface area contributed by atoms with Crippen molar-refractivity contribution in [3.63, 3.8) is 0 Å². The molecule has 1 aliphatic carbocycles. The number of alkyl halides is 3. The second-order valence-electron chi connectivity index (χ2n) is 8.35. The maximum Gasteiger partial charge on any atom is 0.416 e. The Labute approximate surface area is 161 Å². The molecule has 2 aliphatic rings. The number of esters is 1.